The van der Waals surface area contributed by atoms with Crippen LogP contribution < -0.4 is 5.32 Å². The molecule has 8 nitrogen and oxygen atoms in total. The average molecular weight is 496 g/mol. The number of hydrogen-bond donors (Lipinski definition) is 2. The summed E-state index contributed by atoms with van der Waals surface area (Å²) in [5.74, 6) is 1.22. The number of alkyl halides is 3. The predicted octanol–water partition coefficient (Wildman–Crippen LogP) is 4.12. The first-order valence-electron chi connectivity index (χ1n) is 10.6. The van der Waals surface area contributed by atoms with Crippen LogP contribution in [0.15, 0.2) is 35.4 Å². The summed E-state index contributed by atoms with van der Waals surface area (Å²) in [5, 5.41) is 9.15. The molecular weight excluding hydrogens is 471 g/mol. The van der Waals surface area contributed by atoms with Crippen molar-refractivity contribution < 1.29 is 26.3 Å². The van der Waals surface area contributed by atoms with E-state index in [0.29, 0.717) is 17.7 Å². The summed E-state index contributed by atoms with van der Waals surface area (Å²) in [6.07, 6.45) is -3.68. The third-order valence-corrected chi connectivity index (χ3v) is 8.20. The fourth-order valence-electron chi connectivity index (χ4n) is 3.85. The number of hydrogen-bond acceptors (Lipinski definition) is 7. The van der Waals surface area contributed by atoms with Crippen LogP contribution in [0.3, 0.4) is 0 Å². The Balaban J connectivity index is 1.67. The number of aromatic nitrogens is 4. The van der Waals surface area contributed by atoms with Gasteiger partial charge in [-0.3, -0.25) is 5.10 Å². The van der Waals surface area contributed by atoms with Crippen molar-refractivity contribution >= 4 is 21.5 Å². The highest BCUT2D eigenvalue weighted by atomic mass is 32.2. The molecule has 0 aliphatic carbocycles. The summed E-state index contributed by atoms with van der Waals surface area (Å²) in [6, 6.07) is 4.49. The number of H-pyrrole nitrogens is 1. The number of nitrogens with zero attached hydrogens (tertiary/aromatic N) is 3. The molecule has 1 aliphatic heterocycles. The Hall–Kier alpha value is -2.99. The van der Waals surface area contributed by atoms with Crippen LogP contribution >= 0.6 is 0 Å². The van der Waals surface area contributed by atoms with E-state index in [2.05, 4.69) is 25.5 Å². The smallest absolute Gasteiger partial charge is 0.377 e. The van der Waals surface area contributed by atoms with Crippen LogP contribution in [0.2, 0.25) is 0 Å². The van der Waals surface area contributed by atoms with Crippen molar-refractivity contribution in [1.82, 2.24) is 20.2 Å². The molecule has 2 atom stereocenters. The third-order valence-electron chi connectivity index (χ3n) is 5.89. The highest BCUT2D eigenvalue weighted by Crippen LogP contribution is 2.35. The molecule has 2 unspecified atom stereocenters. The van der Waals surface area contributed by atoms with E-state index in [1.54, 1.807) is 13.0 Å². The minimum absolute atomic E-state index is 0.0861. The Labute approximate surface area is 194 Å². The number of ether oxygens (including phenoxy) is 1. The van der Waals surface area contributed by atoms with Gasteiger partial charge in [-0.05, 0) is 57.0 Å². The molecule has 1 fully saturated rings. The van der Waals surface area contributed by atoms with Gasteiger partial charge in [0.15, 0.2) is 15.7 Å². The van der Waals surface area contributed by atoms with Gasteiger partial charge in [-0.1, -0.05) is 0 Å². The number of nitrogens with one attached hydrogen (secondary N) is 2. The zero-order valence-corrected chi connectivity index (χ0v) is 19.6. The molecule has 2 aromatic heterocycles. The zero-order chi connectivity index (χ0) is 24.7. The highest BCUT2D eigenvalue weighted by molar-refractivity contribution is 7.92. The van der Waals surface area contributed by atoms with Crippen molar-refractivity contribution in [3.8, 4) is 0 Å². The standard InChI is InChI=1S/C22H24F3N5O3S/c1-12-13(2)29-30-21(12)28-19-4-6-26-20(27-19)10-15-8-16(22(23,24)25)11-17(9-15)34(31,32)18-5-7-33-14(18)3/h4,6,8-9,11,14,18H,5,7,10H2,1-3H3,(H2,26,27,28,29,30). The van der Waals surface area contributed by atoms with Crippen molar-refractivity contribution in [1.29, 1.82) is 0 Å². The molecule has 0 saturated carbocycles. The van der Waals surface area contributed by atoms with Crippen molar-refractivity contribution in [2.75, 3.05) is 11.9 Å². The van der Waals surface area contributed by atoms with Gasteiger partial charge < -0.3 is 10.1 Å². The van der Waals surface area contributed by atoms with Crippen molar-refractivity contribution in [3.05, 3.63) is 58.7 Å². The summed E-state index contributed by atoms with van der Waals surface area (Å²) in [4.78, 5) is 8.13. The minimum Gasteiger partial charge on any atom is -0.377 e. The van der Waals surface area contributed by atoms with E-state index in [1.165, 1.54) is 12.3 Å². The number of halogens is 3. The number of benzene rings is 1. The molecule has 3 heterocycles. The fourth-order valence-corrected chi connectivity index (χ4v) is 5.80. The van der Waals surface area contributed by atoms with E-state index < -0.39 is 32.9 Å². The van der Waals surface area contributed by atoms with Crippen molar-refractivity contribution in [2.24, 2.45) is 0 Å². The van der Waals surface area contributed by atoms with Gasteiger partial charge in [0.05, 0.1) is 21.8 Å². The van der Waals surface area contributed by atoms with Crippen LogP contribution in [-0.4, -0.2) is 46.5 Å². The number of aryl methyl sites for hydroxylation is 1. The van der Waals surface area contributed by atoms with Gasteiger partial charge in [0.1, 0.15) is 11.6 Å². The molecule has 4 rings (SSSR count). The van der Waals surface area contributed by atoms with Crippen LogP contribution in [0.25, 0.3) is 0 Å². The summed E-state index contributed by atoms with van der Waals surface area (Å²) in [6.45, 7) is 5.61. The molecule has 1 saturated heterocycles. The first kappa shape index (κ1) is 24.1. The molecule has 34 heavy (non-hydrogen) atoms. The van der Waals surface area contributed by atoms with Gasteiger partial charge in [0.2, 0.25) is 0 Å². The SMILES string of the molecule is Cc1[nH]nc(Nc2ccnc(Cc3cc(C(F)(F)F)cc(S(=O)(=O)C4CCOC4C)c3)n2)c1C. The normalized spacial score (nSPS) is 18.9. The number of aromatic amines is 1. The van der Waals surface area contributed by atoms with Gasteiger partial charge >= 0.3 is 6.18 Å². The van der Waals surface area contributed by atoms with Gasteiger partial charge in [0, 0.05) is 30.5 Å². The summed E-state index contributed by atoms with van der Waals surface area (Å²) >= 11 is 0. The van der Waals surface area contributed by atoms with E-state index in [0.717, 1.165) is 17.3 Å². The summed E-state index contributed by atoms with van der Waals surface area (Å²) < 4.78 is 72.4. The molecule has 3 aromatic rings. The van der Waals surface area contributed by atoms with E-state index in [9.17, 15) is 21.6 Å². The molecule has 1 aliphatic rings. The van der Waals surface area contributed by atoms with Crippen molar-refractivity contribution in [3.63, 3.8) is 0 Å². The Morgan fingerprint density at radius 1 is 1.24 bits per heavy atom. The lowest BCUT2D eigenvalue weighted by Gasteiger charge is -2.18. The Bertz CT molecular complexity index is 1310. The highest BCUT2D eigenvalue weighted by Gasteiger charge is 2.39. The maximum atomic E-state index is 13.6. The molecule has 1 aromatic carbocycles. The van der Waals surface area contributed by atoms with Gasteiger partial charge in [-0.25, -0.2) is 18.4 Å². The molecular formula is C22H24F3N5O3S. The van der Waals surface area contributed by atoms with E-state index in [4.69, 9.17) is 4.74 Å². The largest absolute Gasteiger partial charge is 0.416 e. The Morgan fingerprint density at radius 2 is 2.00 bits per heavy atom. The maximum absolute atomic E-state index is 13.6. The second-order valence-electron chi connectivity index (χ2n) is 8.29. The van der Waals surface area contributed by atoms with E-state index in [-0.39, 0.29) is 35.7 Å². The predicted molar refractivity (Wildman–Crippen MR) is 119 cm³/mol. The third kappa shape index (κ3) is 4.92. The first-order valence-corrected chi connectivity index (χ1v) is 12.2. The molecule has 0 spiro atoms. The average Bonchev–Trinajstić information content (AvgIpc) is 3.34. The second-order valence-corrected chi connectivity index (χ2v) is 10.5. The van der Waals surface area contributed by atoms with Crippen LogP contribution in [0.5, 0.6) is 0 Å². The lowest BCUT2D eigenvalue weighted by atomic mass is 10.1. The fraction of sp³-hybridized carbons (Fsp3) is 0.409. The van der Waals surface area contributed by atoms with Crippen LogP contribution in [0.1, 0.15) is 41.6 Å². The number of rotatable bonds is 6. The Morgan fingerprint density at radius 3 is 2.62 bits per heavy atom. The molecule has 182 valence electrons. The van der Waals surface area contributed by atoms with E-state index in [1.807, 2.05) is 13.8 Å². The van der Waals surface area contributed by atoms with Crippen LogP contribution in [0.4, 0.5) is 24.8 Å². The van der Waals surface area contributed by atoms with Gasteiger partial charge in [0.25, 0.3) is 0 Å². The van der Waals surface area contributed by atoms with Crippen LogP contribution in [-0.2, 0) is 27.2 Å². The topological polar surface area (TPSA) is 110 Å². The monoisotopic (exact) mass is 495 g/mol. The first-order chi connectivity index (χ1) is 15.9. The van der Waals surface area contributed by atoms with E-state index >= 15 is 0 Å². The maximum Gasteiger partial charge on any atom is 0.416 e. The molecule has 2 N–H and O–H groups in total. The van der Waals surface area contributed by atoms with Gasteiger partial charge in [-0.15, -0.1) is 0 Å². The Kier molecular flexibility index (Phi) is 6.38. The van der Waals surface area contributed by atoms with Gasteiger partial charge in [-0.2, -0.15) is 18.3 Å². The quantitative estimate of drug-likeness (QED) is 0.529. The second kappa shape index (κ2) is 8.99. The van der Waals surface area contributed by atoms with Crippen molar-refractivity contribution in [2.45, 2.75) is 56.0 Å². The summed E-state index contributed by atoms with van der Waals surface area (Å²) in [5.41, 5.74) is 0.894. The molecule has 0 amide bonds. The summed E-state index contributed by atoms with van der Waals surface area (Å²) in [7, 11) is -4.03. The number of anilines is 2. The molecule has 12 heteroatoms. The zero-order valence-electron chi connectivity index (χ0n) is 18.8. The molecule has 0 bridgehead atoms. The molecule has 0 radical (unpaired) electrons. The number of sulfone groups is 1. The lowest BCUT2D eigenvalue weighted by Crippen LogP contribution is -2.28. The van der Waals surface area contributed by atoms with Crippen LogP contribution in [0, 0.1) is 13.8 Å². The minimum atomic E-state index is -4.71. The lowest BCUT2D eigenvalue weighted by molar-refractivity contribution is -0.137.